The van der Waals surface area contributed by atoms with Crippen molar-refractivity contribution < 1.29 is 0 Å². The second kappa shape index (κ2) is 4.56. The molecule has 1 saturated carbocycles. The van der Waals surface area contributed by atoms with E-state index in [4.69, 9.17) is 0 Å². The number of nitrogens with zero attached hydrogens (tertiary/aromatic N) is 1. The Kier molecular flexibility index (Phi) is 2.73. The van der Waals surface area contributed by atoms with Gasteiger partial charge in [0.2, 0.25) is 0 Å². The van der Waals surface area contributed by atoms with E-state index in [9.17, 15) is 0 Å². The number of benzene rings is 2. The van der Waals surface area contributed by atoms with Crippen LogP contribution < -0.4 is 10.2 Å². The SMILES string of the molecule is Cc1cc(C)c2c(c1)[C@@]13CCCC[C@@]1(Nc1ccccc1C3)N2C. The lowest BCUT2D eigenvalue weighted by Crippen LogP contribution is -2.66. The van der Waals surface area contributed by atoms with Crippen molar-refractivity contribution in [3.8, 4) is 0 Å². The predicted octanol–water partition coefficient (Wildman–Crippen LogP) is 4.93. The number of para-hydroxylation sites is 1. The second-order valence-electron chi connectivity index (χ2n) is 8.15. The van der Waals surface area contributed by atoms with Crippen molar-refractivity contribution in [2.75, 3.05) is 17.3 Å². The van der Waals surface area contributed by atoms with Crippen LogP contribution in [-0.2, 0) is 11.8 Å². The summed E-state index contributed by atoms with van der Waals surface area (Å²) >= 11 is 0. The van der Waals surface area contributed by atoms with Crippen LogP contribution in [-0.4, -0.2) is 12.7 Å². The molecule has 0 aromatic heterocycles. The molecule has 2 nitrogen and oxygen atoms in total. The highest BCUT2D eigenvalue weighted by atomic mass is 15.4. The molecule has 1 aliphatic carbocycles. The van der Waals surface area contributed by atoms with Crippen LogP contribution >= 0.6 is 0 Å². The smallest absolute Gasteiger partial charge is 0.120 e. The third-order valence-corrected chi connectivity index (χ3v) is 6.90. The summed E-state index contributed by atoms with van der Waals surface area (Å²) in [5.41, 5.74) is 8.95. The van der Waals surface area contributed by atoms with Gasteiger partial charge in [-0.3, -0.25) is 0 Å². The van der Waals surface area contributed by atoms with E-state index in [1.807, 2.05) is 0 Å². The van der Waals surface area contributed by atoms with Crippen molar-refractivity contribution >= 4 is 11.4 Å². The molecule has 0 bridgehead atoms. The molecule has 0 radical (unpaired) electrons. The van der Waals surface area contributed by atoms with E-state index < -0.39 is 0 Å². The molecule has 2 aromatic carbocycles. The fraction of sp³-hybridized carbons (Fsp3) is 0.455. The highest BCUT2D eigenvalue weighted by molar-refractivity contribution is 5.76. The van der Waals surface area contributed by atoms with E-state index in [0.717, 1.165) is 6.42 Å². The molecule has 2 heteroatoms. The summed E-state index contributed by atoms with van der Waals surface area (Å²) in [5.74, 6) is 0. The van der Waals surface area contributed by atoms with Crippen LogP contribution in [0.1, 0.15) is 47.9 Å². The van der Waals surface area contributed by atoms with Gasteiger partial charge in [0.1, 0.15) is 5.66 Å². The van der Waals surface area contributed by atoms with Crippen molar-refractivity contribution in [1.82, 2.24) is 0 Å². The number of hydrogen-bond acceptors (Lipinski definition) is 2. The van der Waals surface area contributed by atoms with Crippen molar-refractivity contribution in [3.05, 3.63) is 58.7 Å². The maximum absolute atomic E-state index is 4.03. The van der Waals surface area contributed by atoms with Gasteiger partial charge < -0.3 is 10.2 Å². The Labute approximate surface area is 144 Å². The van der Waals surface area contributed by atoms with Crippen molar-refractivity contribution in [2.24, 2.45) is 0 Å². The first-order valence-corrected chi connectivity index (χ1v) is 9.29. The number of fused-ring (bicyclic) bond motifs is 2. The number of rotatable bonds is 0. The molecule has 2 atom stereocenters. The molecule has 5 rings (SSSR count). The number of anilines is 2. The lowest BCUT2D eigenvalue weighted by Gasteiger charge is -2.56. The molecule has 0 amide bonds. The zero-order valence-corrected chi connectivity index (χ0v) is 14.9. The van der Waals surface area contributed by atoms with Crippen molar-refractivity contribution in [2.45, 2.75) is 57.0 Å². The van der Waals surface area contributed by atoms with Gasteiger partial charge in [0.05, 0.1) is 0 Å². The first kappa shape index (κ1) is 14.4. The Morgan fingerprint density at radius 2 is 1.83 bits per heavy atom. The first-order chi connectivity index (χ1) is 11.6. The second-order valence-corrected chi connectivity index (χ2v) is 8.15. The monoisotopic (exact) mass is 318 g/mol. The van der Waals surface area contributed by atoms with E-state index in [1.165, 1.54) is 53.7 Å². The topological polar surface area (TPSA) is 15.3 Å². The number of likely N-dealkylation sites (N-methyl/N-ethyl adjacent to an activating group) is 1. The molecule has 1 fully saturated rings. The first-order valence-electron chi connectivity index (χ1n) is 9.29. The lowest BCUT2D eigenvalue weighted by molar-refractivity contribution is 0.170. The average Bonchev–Trinajstić information content (AvgIpc) is 2.79. The third-order valence-electron chi connectivity index (χ3n) is 6.90. The lowest BCUT2D eigenvalue weighted by atomic mass is 9.59. The van der Waals surface area contributed by atoms with Gasteiger partial charge in [0.25, 0.3) is 0 Å². The maximum atomic E-state index is 4.03. The molecule has 2 aliphatic heterocycles. The molecule has 2 heterocycles. The zero-order chi connectivity index (χ0) is 16.5. The van der Waals surface area contributed by atoms with E-state index >= 15 is 0 Å². The molecule has 1 N–H and O–H groups in total. The van der Waals surface area contributed by atoms with Gasteiger partial charge in [-0.05, 0) is 62.3 Å². The Morgan fingerprint density at radius 3 is 2.71 bits per heavy atom. The van der Waals surface area contributed by atoms with E-state index in [-0.39, 0.29) is 11.1 Å². The zero-order valence-electron chi connectivity index (χ0n) is 14.9. The minimum Gasteiger partial charge on any atom is -0.362 e. The summed E-state index contributed by atoms with van der Waals surface area (Å²) in [4.78, 5) is 2.59. The predicted molar refractivity (Wildman–Crippen MR) is 101 cm³/mol. The molecular weight excluding hydrogens is 292 g/mol. The molecule has 3 aliphatic rings. The van der Waals surface area contributed by atoms with Gasteiger partial charge >= 0.3 is 0 Å². The summed E-state index contributed by atoms with van der Waals surface area (Å²) in [6, 6.07) is 13.7. The minimum atomic E-state index is 0.0422. The van der Waals surface area contributed by atoms with E-state index in [1.54, 1.807) is 5.56 Å². The Bertz CT molecular complexity index is 840. The summed E-state index contributed by atoms with van der Waals surface area (Å²) in [6.45, 7) is 4.53. The van der Waals surface area contributed by atoms with Gasteiger partial charge in [-0.2, -0.15) is 0 Å². The van der Waals surface area contributed by atoms with Crippen molar-refractivity contribution in [1.29, 1.82) is 0 Å². The van der Waals surface area contributed by atoms with Crippen LogP contribution in [0.5, 0.6) is 0 Å². The van der Waals surface area contributed by atoms with Gasteiger partial charge in [-0.1, -0.05) is 42.3 Å². The van der Waals surface area contributed by atoms with E-state index in [0.29, 0.717) is 0 Å². The Balaban J connectivity index is 1.82. The Morgan fingerprint density at radius 1 is 1.04 bits per heavy atom. The molecule has 0 unspecified atom stereocenters. The van der Waals surface area contributed by atoms with Gasteiger partial charge in [0, 0.05) is 23.8 Å². The summed E-state index contributed by atoms with van der Waals surface area (Å²) in [5, 5.41) is 4.03. The average molecular weight is 318 g/mol. The van der Waals surface area contributed by atoms with Crippen LogP contribution in [0, 0.1) is 13.8 Å². The third kappa shape index (κ3) is 1.52. The molecule has 0 saturated heterocycles. The fourth-order valence-corrected chi connectivity index (χ4v) is 6.00. The standard InChI is InChI=1S/C22H26N2/c1-15-12-16(2)20-18(13-15)21-10-6-7-11-22(21,24(20)3)23-19-9-5-4-8-17(19)14-21/h4-5,8-9,12-13,23H,6-7,10-11,14H2,1-3H3/t21-,22+/m0/s1. The van der Waals surface area contributed by atoms with Crippen LogP contribution in [0.15, 0.2) is 36.4 Å². The van der Waals surface area contributed by atoms with Crippen LogP contribution in [0.25, 0.3) is 0 Å². The fourth-order valence-electron chi connectivity index (χ4n) is 6.00. The molecule has 0 spiro atoms. The highest BCUT2D eigenvalue weighted by Gasteiger charge is 2.63. The molecule has 24 heavy (non-hydrogen) atoms. The largest absolute Gasteiger partial charge is 0.362 e. The Hall–Kier alpha value is -1.96. The molecule has 2 aromatic rings. The normalized spacial score (nSPS) is 30.0. The van der Waals surface area contributed by atoms with Crippen LogP contribution in [0.3, 0.4) is 0 Å². The van der Waals surface area contributed by atoms with Crippen LogP contribution in [0.2, 0.25) is 0 Å². The number of aryl methyl sites for hydroxylation is 2. The highest BCUT2D eigenvalue weighted by Crippen LogP contribution is 2.62. The minimum absolute atomic E-state index is 0.0422. The number of nitrogens with one attached hydrogen (secondary N) is 1. The number of hydrogen-bond donors (Lipinski definition) is 1. The van der Waals surface area contributed by atoms with Gasteiger partial charge in [0.15, 0.2) is 0 Å². The summed E-state index contributed by atoms with van der Waals surface area (Å²) in [6.07, 6.45) is 6.33. The summed E-state index contributed by atoms with van der Waals surface area (Å²) < 4.78 is 0. The van der Waals surface area contributed by atoms with Crippen molar-refractivity contribution in [3.63, 3.8) is 0 Å². The molecule has 124 valence electrons. The quantitative estimate of drug-likeness (QED) is 0.741. The summed E-state index contributed by atoms with van der Waals surface area (Å²) in [7, 11) is 2.31. The molecular formula is C22H26N2. The van der Waals surface area contributed by atoms with Crippen LogP contribution in [0.4, 0.5) is 11.4 Å². The maximum Gasteiger partial charge on any atom is 0.120 e. The van der Waals surface area contributed by atoms with Gasteiger partial charge in [-0.15, -0.1) is 0 Å². The van der Waals surface area contributed by atoms with E-state index in [2.05, 4.69) is 67.5 Å². The van der Waals surface area contributed by atoms with Gasteiger partial charge in [-0.25, -0.2) is 0 Å².